The van der Waals surface area contributed by atoms with E-state index in [9.17, 15) is 19.3 Å². The zero-order valence-electron chi connectivity index (χ0n) is 13.7. The summed E-state index contributed by atoms with van der Waals surface area (Å²) in [5, 5.41) is 10.9. The van der Waals surface area contributed by atoms with Crippen LogP contribution in [-0.2, 0) is 6.54 Å². The highest BCUT2D eigenvalue weighted by Gasteiger charge is 2.13. The number of carbonyl (C=O) groups is 1. The predicted octanol–water partition coefficient (Wildman–Crippen LogP) is 3.85. The van der Waals surface area contributed by atoms with Gasteiger partial charge in [0.15, 0.2) is 4.80 Å². The van der Waals surface area contributed by atoms with E-state index in [0.29, 0.717) is 16.0 Å². The molecule has 0 unspecified atom stereocenters. The molecule has 9 heteroatoms. The number of carbonyl (C=O) groups excluding carboxylic acids is 1. The molecule has 0 aliphatic rings. The van der Waals surface area contributed by atoms with Gasteiger partial charge in [0.2, 0.25) is 0 Å². The quantitative estimate of drug-likeness (QED) is 0.489. The van der Waals surface area contributed by atoms with Crippen molar-refractivity contribution in [2.45, 2.75) is 6.54 Å². The minimum absolute atomic E-state index is 0.138. The lowest BCUT2D eigenvalue weighted by Gasteiger charge is -2.03. The van der Waals surface area contributed by atoms with Gasteiger partial charge in [-0.05, 0) is 30.5 Å². The molecule has 1 heterocycles. The summed E-state index contributed by atoms with van der Waals surface area (Å²) in [5.41, 5.74) is 0.773. The molecule has 1 aromatic heterocycles. The molecule has 0 aliphatic heterocycles. The van der Waals surface area contributed by atoms with Crippen LogP contribution in [-0.4, -0.2) is 27.4 Å². The second kappa shape index (κ2) is 7.79. The van der Waals surface area contributed by atoms with Crippen LogP contribution in [0.15, 0.2) is 47.5 Å². The number of aromatic nitrogens is 1. The number of non-ortho nitro benzene ring substituents is 1. The Balaban J connectivity index is 2.09. The van der Waals surface area contributed by atoms with Crippen molar-refractivity contribution in [3.8, 4) is 0 Å². The summed E-state index contributed by atoms with van der Waals surface area (Å²) in [6.07, 6.45) is 1.97. The third-order valence-corrected chi connectivity index (χ3v) is 5.30. The van der Waals surface area contributed by atoms with Crippen LogP contribution in [0.3, 0.4) is 0 Å². The van der Waals surface area contributed by atoms with E-state index in [4.69, 9.17) is 0 Å². The minimum Gasteiger partial charge on any atom is -0.316 e. The molecular formula is C17H14FN3O3S2. The first kappa shape index (κ1) is 18.3. The number of nitro groups is 1. The molecule has 0 N–H and O–H groups in total. The van der Waals surface area contributed by atoms with Gasteiger partial charge in [0.1, 0.15) is 5.82 Å². The largest absolute Gasteiger partial charge is 0.316 e. The molecule has 0 aliphatic carbocycles. The van der Waals surface area contributed by atoms with E-state index in [0.717, 1.165) is 11.3 Å². The van der Waals surface area contributed by atoms with Crippen LogP contribution in [0.1, 0.15) is 10.4 Å². The first-order valence-corrected chi connectivity index (χ1v) is 9.82. The summed E-state index contributed by atoms with van der Waals surface area (Å²) in [5.74, 6) is -0.118. The molecule has 3 rings (SSSR count). The van der Waals surface area contributed by atoms with Crippen LogP contribution >= 0.6 is 23.1 Å². The monoisotopic (exact) mass is 391 g/mol. The smallest absolute Gasteiger partial charge is 0.279 e. The number of hydrogen-bond acceptors (Lipinski definition) is 5. The van der Waals surface area contributed by atoms with Crippen molar-refractivity contribution in [2.75, 3.05) is 12.0 Å². The van der Waals surface area contributed by atoms with Crippen LogP contribution in [0, 0.1) is 15.9 Å². The maximum Gasteiger partial charge on any atom is 0.279 e. The number of thiazole rings is 1. The van der Waals surface area contributed by atoms with E-state index in [1.165, 1.54) is 47.7 Å². The third-order valence-electron chi connectivity index (χ3n) is 3.66. The van der Waals surface area contributed by atoms with Crippen LogP contribution in [0.5, 0.6) is 0 Å². The van der Waals surface area contributed by atoms with E-state index >= 15 is 0 Å². The van der Waals surface area contributed by atoms with Gasteiger partial charge in [0.05, 0.1) is 15.1 Å². The fraction of sp³-hybridized carbons (Fsp3) is 0.176. The molecule has 0 fully saturated rings. The van der Waals surface area contributed by atoms with Gasteiger partial charge in [-0.3, -0.25) is 14.9 Å². The second-order valence-corrected chi connectivity index (χ2v) is 7.36. The number of nitrogens with zero attached hydrogens (tertiary/aromatic N) is 3. The van der Waals surface area contributed by atoms with Crippen molar-refractivity contribution in [3.63, 3.8) is 0 Å². The Kier molecular flexibility index (Phi) is 5.48. The maximum atomic E-state index is 13.5. The number of hydrogen-bond donors (Lipinski definition) is 0. The zero-order chi connectivity index (χ0) is 18.7. The molecule has 0 radical (unpaired) electrons. The van der Waals surface area contributed by atoms with Gasteiger partial charge in [-0.15, -0.1) is 0 Å². The third kappa shape index (κ3) is 3.83. The highest BCUT2D eigenvalue weighted by molar-refractivity contribution is 7.98. The number of rotatable bonds is 5. The Morgan fingerprint density at radius 3 is 2.88 bits per heavy atom. The number of nitro benzene ring substituents is 1. The van der Waals surface area contributed by atoms with Gasteiger partial charge >= 0.3 is 0 Å². The van der Waals surface area contributed by atoms with Gasteiger partial charge in [0, 0.05) is 30.0 Å². The Morgan fingerprint density at radius 2 is 2.15 bits per heavy atom. The standard InChI is InChI=1S/C17H14FN3O3S2/c1-25-8-7-20-14-6-5-12(18)10-15(14)26-17(20)19-16(22)11-3-2-4-13(9-11)21(23)24/h2-6,9-10H,7-8H2,1H3. The zero-order valence-corrected chi connectivity index (χ0v) is 15.3. The highest BCUT2D eigenvalue weighted by atomic mass is 32.2. The van der Waals surface area contributed by atoms with E-state index < -0.39 is 10.8 Å². The fourth-order valence-electron chi connectivity index (χ4n) is 2.43. The van der Waals surface area contributed by atoms with Crippen molar-refractivity contribution in [1.29, 1.82) is 0 Å². The fourth-order valence-corrected chi connectivity index (χ4v) is 3.88. The van der Waals surface area contributed by atoms with E-state index in [-0.39, 0.29) is 17.1 Å². The number of benzene rings is 2. The van der Waals surface area contributed by atoms with Crippen molar-refractivity contribution in [2.24, 2.45) is 4.99 Å². The van der Waals surface area contributed by atoms with Crippen molar-refractivity contribution < 1.29 is 14.1 Å². The van der Waals surface area contributed by atoms with Crippen molar-refractivity contribution >= 4 is 44.9 Å². The van der Waals surface area contributed by atoms with Gasteiger partial charge in [-0.2, -0.15) is 16.8 Å². The lowest BCUT2D eigenvalue weighted by Crippen LogP contribution is -2.18. The molecule has 0 saturated carbocycles. The Labute approximate surface area is 156 Å². The molecule has 0 atom stereocenters. The predicted molar refractivity (Wildman–Crippen MR) is 101 cm³/mol. The van der Waals surface area contributed by atoms with E-state index in [1.807, 2.05) is 10.8 Å². The topological polar surface area (TPSA) is 77.5 Å². The molecule has 1 amide bonds. The van der Waals surface area contributed by atoms with Crippen molar-refractivity contribution in [3.05, 3.63) is 68.8 Å². The lowest BCUT2D eigenvalue weighted by atomic mass is 10.2. The average molecular weight is 391 g/mol. The Bertz CT molecular complexity index is 1060. The molecule has 0 spiro atoms. The molecule has 3 aromatic rings. The van der Waals surface area contributed by atoms with Crippen LogP contribution in [0.2, 0.25) is 0 Å². The highest BCUT2D eigenvalue weighted by Crippen LogP contribution is 2.19. The Hall–Kier alpha value is -2.52. The van der Waals surface area contributed by atoms with Crippen LogP contribution in [0.4, 0.5) is 10.1 Å². The number of fused-ring (bicyclic) bond motifs is 1. The first-order chi connectivity index (χ1) is 12.5. The maximum absolute atomic E-state index is 13.5. The lowest BCUT2D eigenvalue weighted by molar-refractivity contribution is -0.384. The summed E-state index contributed by atoms with van der Waals surface area (Å²) in [6.45, 7) is 0.619. The first-order valence-electron chi connectivity index (χ1n) is 7.61. The normalized spacial score (nSPS) is 11.8. The average Bonchev–Trinajstić information content (AvgIpc) is 2.95. The molecule has 26 heavy (non-hydrogen) atoms. The number of aryl methyl sites for hydroxylation is 1. The number of thioether (sulfide) groups is 1. The summed E-state index contributed by atoms with van der Waals surface area (Å²) in [4.78, 5) is 27.4. The van der Waals surface area contributed by atoms with E-state index in [1.54, 1.807) is 17.8 Å². The van der Waals surface area contributed by atoms with Crippen LogP contribution in [0.25, 0.3) is 10.2 Å². The molecule has 0 bridgehead atoms. The summed E-state index contributed by atoms with van der Waals surface area (Å²) in [6, 6.07) is 9.89. The second-order valence-electron chi connectivity index (χ2n) is 5.37. The van der Waals surface area contributed by atoms with Crippen molar-refractivity contribution in [1.82, 2.24) is 4.57 Å². The van der Waals surface area contributed by atoms with Gasteiger partial charge in [-0.25, -0.2) is 4.39 Å². The number of amides is 1. The van der Waals surface area contributed by atoms with Gasteiger partial charge in [0.25, 0.3) is 11.6 Å². The molecular weight excluding hydrogens is 377 g/mol. The number of halogens is 1. The summed E-state index contributed by atoms with van der Waals surface area (Å²) in [7, 11) is 0. The van der Waals surface area contributed by atoms with Gasteiger partial charge < -0.3 is 4.57 Å². The summed E-state index contributed by atoms with van der Waals surface area (Å²) < 4.78 is 16.1. The van der Waals surface area contributed by atoms with Gasteiger partial charge in [-0.1, -0.05) is 17.4 Å². The molecule has 134 valence electrons. The van der Waals surface area contributed by atoms with E-state index in [2.05, 4.69) is 4.99 Å². The SMILES string of the molecule is CSCCn1c(=NC(=O)c2cccc([N+](=O)[O-])c2)sc2cc(F)ccc21. The molecule has 6 nitrogen and oxygen atoms in total. The Morgan fingerprint density at radius 1 is 1.35 bits per heavy atom. The molecule has 2 aromatic carbocycles. The molecule has 0 saturated heterocycles. The van der Waals surface area contributed by atoms with Crippen LogP contribution < -0.4 is 4.80 Å². The minimum atomic E-state index is -0.571. The summed E-state index contributed by atoms with van der Waals surface area (Å²) >= 11 is 2.86.